The fraction of sp³-hybridized carbons (Fsp3) is 0.0476. The number of nitrogens with zero attached hydrogens (tertiary/aromatic N) is 1. The molecular formula is C21H15BrN2O2. The van der Waals surface area contributed by atoms with Gasteiger partial charge in [0.15, 0.2) is 5.58 Å². The first kappa shape index (κ1) is 16.5. The van der Waals surface area contributed by atoms with Crippen LogP contribution in [0.2, 0.25) is 0 Å². The smallest absolute Gasteiger partial charge is 0.255 e. The maximum absolute atomic E-state index is 12.5. The molecule has 128 valence electrons. The molecule has 0 fully saturated rings. The quantitative estimate of drug-likeness (QED) is 0.466. The number of hydrogen-bond donors (Lipinski definition) is 1. The zero-order chi connectivity index (χ0) is 18.1. The molecule has 0 saturated carbocycles. The van der Waals surface area contributed by atoms with Crippen molar-refractivity contribution in [1.29, 1.82) is 0 Å². The zero-order valence-corrected chi connectivity index (χ0v) is 15.6. The minimum absolute atomic E-state index is 0.163. The van der Waals surface area contributed by atoms with Gasteiger partial charge in [-0.3, -0.25) is 4.79 Å². The molecule has 0 aliphatic rings. The molecule has 0 saturated heterocycles. The van der Waals surface area contributed by atoms with E-state index >= 15 is 0 Å². The summed E-state index contributed by atoms with van der Waals surface area (Å²) in [6, 6.07) is 20.6. The van der Waals surface area contributed by atoms with Crippen LogP contribution in [-0.2, 0) is 0 Å². The first-order valence-electron chi connectivity index (χ1n) is 8.14. The van der Waals surface area contributed by atoms with Gasteiger partial charge >= 0.3 is 0 Å². The lowest BCUT2D eigenvalue weighted by Gasteiger charge is -2.11. The Morgan fingerprint density at radius 2 is 1.85 bits per heavy atom. The highest BCUT2D eigenvalue weighted by atomic mass is 79.9. The van der Waals surface area contributed by atoms with E-state index in [0.717, 1.165) is 32.4 Å². The van der Waals surface area contributed by atoms with Crippen molar-refractivity contribution >= 4 is 38.6 Å². The molecule has 0 aliphatic heterocycles. The van der Waals surface area contributed by atoms with E-state index in [4.69, 9.17) is 4.42 Å². The fourth-order valence-electron chi connectivity index (χ4n) is 2.81. The summed E-state index contributed by atoms with van der Waals surface area (Å²) in [5, 5.41) is 2.97. The largest absolute Gasteiger partial charge is 0.436 e. The van der Waals surface area contributed by atoms with Crippen molar-refractivity contribution in [2.24, 2.45) is 0 Å². The number of nitrogens with one attached hydrogen (secondary N) is 1. The number of para-hydroxylation sites is 2. The summed E-state index contributed by atoms with van der Waals surface area (Å²) in [6.45, 7) is 1.95. The number of amides is 1. The summed E-state index contributed by atoms with van der Waals surface area (Å²) in [5.41, 5.74) is 4.63. The Kier molecular flexibility index (Phi) is 4.31. The SMILES string of the molecule is Cc1c(NC(=O)c2cccc(Br)c2)cccc1-c1nc2ccccc2o1. The highest BCUT2D eigenvalue weighted by Crippen LogP contribution is 2.30. The number of fused-ring (bicyclic) bond motifs is 1. The van der Waals surface area contributed by atoms with E-state index < -0.39 is 0 Å². The van der Waals surface area contributed by atoms with Crippen molar-refractivity contribution in [1.82, 2.24) is 4.98 Å². The van der Waals surface area contributed by atoms with Gasteiger partial charge in [0, 0.05) is 21.3 Å². The normalized spacial score (nSPS) is 10.8. The van der Waals surface area contributed by atoms with Crippen LogP contribution in [0.25, 0.3) is 22.6 Å². The first-order chi connectivity index (χ1) is 12.6. The second-order valence-corrected chi connectivity index (χ2v) is 6.85. The maximum atomic E-state index is 12.5. The monoisotopic (exact) mass is 406 g/mol. The minimum atomic E-state index is -0.163. The molecule has 1 N–H and O–H groups in total. The van der Waals surface area contributed by atoms with E-state index in [0.29, 0.717) is 11.5 Å². The summed E-state index contributed by atoms with van der Waals surface area (Å²) in [7, 11) is 0. The fourth-order valence-corrected chi connectivity index (χ4v) is 3.21. The van der Waals surface area contributed by atoms with E-state index in [9.17, 15) is 4.79 Å². The van der Waals surface area contributed by atoms with Gasteiger partial charge in [0.2, 0.25) is 5.89 Å². The zero-order valence-electron chi connectivity index (χ0n) is 14.0. The molecule has 5 heteroatoms. The summed E-state index contributed by atoms with van der Waals surface area (Å²) in [5.74, 6) is 0.381. The Morgan fingerprint density at radius 3 is 2.65 bits per heavy atom. The summed E-state index contributed by atoms with van der Waals surface area (Å²) < 4.78 is 6.73. The molecule has 3 aromatic carbocycles. The van der Waals surface area contributed by atoms with Gasteiger partial charge in [0.25, 0.3) is 5.91 Å². The van der Waals surface area contributed by atoms with Crippen molar-refractivity contribution in [3.05, 3.63) is 82.3 Å². The summed E-state index contributed by atoms with van der Waals surface area (Å²) in [6.07, 6.45) is 0. The molecule has 4 nitrogen and oxygen atoms in total. The molecule has 1 amide bonds. The van der Waals surface area contributed by atoms with Crippen LogP contribution in [0.3, 0.4) is 0 Å². The molecule has 1 aromatic heterocycles. The van der Waals surface area contributed by atoms with Crippen LogP contribution in [0.4, 0.5) is 5.69 Å². The number of anilines is 1. The molecule has 0 aliphatic carbocycles. The number of halogens is 1. The van der Waals surface area contributed by atoms with Crippen LogP contribution in [0.1, 0.15) is 15.9 Å². The Labute approximate surface area is 159 Å². The van der Waals surface area contributed by atoms with Gasteiger partial charge in [-0.1, -0.05) is 40.2 Å². The van der Waals surface area contributed by atoms with Crippen LogP contribution in [-0.4, -0.2) is 10.9 Å². The number of carbonyl (C=O) groups is 1. The highest BCUT2D eigenvalue weighted by Gasteiger charge is 2.14. The lowest BCUT2D eigenvalue weighted by molar-refractivity contribution is 0.102. The molecule has 0 bridgehead atoms. The van der Waals surface area contributed by atoms with Gasteiger partial charge in [-0.05, 0) is 55.0 Å². The van der Waals surface area contributed by atoms with Crippen molar-refractivity contribution in [3.63, 3.8) is 0 Å². The molecule has 0 unspecified atom stereocenters. The first-order valence-corrected chi connectivity index (χ1v) is 8.93. The Hall–Kier alpha value is -2.92. The van der Waals surface area contributed by atoms with Crippen LogP contribution in [0, 0.1) is 6.92 Å². The second kappa shape index (κ2) is 6.77. The number of rotatable bonds is 3. The van der Waals surface area contributed by atoms with Crippen molar-refractivity contribution in [2.75, 3.05) is 5.32 Å². The third kappa shape index (κ3) is 3.13. The Morgan fingerprint density at radius 1 is 1.04 bits per heavy atom. The molecule has 26 heavy (non-hydrogen) atoms. The third-order valence-corrected chi connectivity index (χ3v) is 4.69. The van der Waals surface area contributed by atoms with E-state index in [-0.39, 0.29) is 5.91 Å². The number of carbonyl (C=O) groups excluding carboxylic acids is 1. The molecule has 0 radical (unpaired) electrons. The van der Waals surface area contributed by atoms with Crippen LogP contribution < -0.4 is 5.32 Å². The molecular weight excluding hydrogens is 392 g/mol. The molecule has 0 spiro atoms. The van der Waals surface area contributed by atoms with E-state index in [1.54, 1.807) is 12.1 Å². The highest BCUT2D eigenvalue weighted by molar-refractivity contribution is 9.10. The van der Waals surface area contributed by atoms with Crippen LogP contribution >= 0.6 is 15.9 Å². The number of oxazole rings is 1. The van der Waals surface area contributed by atoms with Gasteiger partial charge in [0.1, 0.15) is 5.52 Å². The standard InChI is InChI=1S/C21H15BrN2O2/c1-13-16(21-24-18-9-2-3-11-19(18)26-21)8-5-10-17(13)23-20(25)14-6-4-7-15(22)12-14/h2-12H,1H3,(H,23,25). The summed E-state index contributed by atoms with van der Waals surface area (Å²) >= 11 is 3.39. The average Bonchev–Trinajstić information content (AvgIpc) is 3.07. The third-order valence-electron chi connectivity index (χ3n) is 4.19. The minimum Gasteiger partial charge on any atom is -0.436 e. The Bertz CT molecular complexity index is 1080. The van der Waals surface area contributed by atoms with Crippen molar-refractivity contribution < 1.29 is 9.21 Å². The predicted octanol–water partition coefficient (Wildman–Crippen LogP) is 5.82. The van der Waals surface area contributed by atoms with Gasteiger partial charge < -0.3 is 9.73 Å². The maximum Gasteiger partial charge on any atom is 0.255 e. The van der Waals surface area contributed by atoms with Gasteiger partial charge in [0.05, 0.1) is 0 Å². The topological polar surface area (TPSA) is 55.1 Å². The van der Waals surface area contributed by atoms with Gasteiger partial charge in [-0.15, -0.1) is 0 Å². The average molecular weight is 407 g/mol. The van der Waals surface area contributed by atoms with Crippen LogP contribution in [0.15, 0.2) is 75.6 Å². The van der Waals surface area contributed by atoms with Gasteiger partial charge in [-0.25, -0.2) is 4.98 Å². The Balaban J connectivity index is 1.68. The van der Waals surface area contributed by atoms with Gasteiger partial charge in [-0.2, -0.15) is 0 Å². The summed E-state index contributed by atoms with van der Waals surface area (Å²) in [4.78, 5) is 17.1. The lowest BCUT2D eigenvalue weighted by atomic mass is 10.1. The molecule has 0 atom stereocenters. The van der Waals surface area contributed by atoms with Crippen LogP contribution in [0.5, 0.6) is 0 Å². The number of hydrogen-bond acceptors (Lipinski definition) is 3. The molecule has 4 rings (SSSR count). The van der Waals surface area contributed by atoms with Crippen molar-refractivity contribution in [3.8, 4) is 11.5 Å². The molecule has 1 heterocycles. The molecule has 4 aromatic rings. The van der Waals surface area contributed by atoms with Crippen molar-refractivity contribution in [2.45, 2.75) is 6.92 Å². The van der Waals surface area contributed by atoms with E-state index in [1.165, 1.54) is 0 Å². The lowest BCUT2D eigenvalue weighted by Crippen LogP contribution is -2.13. The number of aromatic nitrogens is 1. The second-order valence-electron chi connectivity index (χ2n) is 5.93. The number of benzene rings is 3. The van der Waals surface area contributed by atoms with E-state index in [2.05, 4.69) is 26.2 Å². The predicted molar refractivity (Wildman–Crippen MR) is 106 cm³/mol. The van der Waals surface area contributed by atoms with E-state index in [1.807, 2.05) is 61.5 Å².